The van der Waals surface area contributed by atoms with E-state index >= 15 is 0 Å². The number of para-hydroxylation sites is 1. The van der Waals surface area contributed by atoms with Crippen molar-refractivity contribution in [3.8, 4) is 5.75 Å². The standard InChI is InChI=1S/C16H21NO4/c1-11(21-14-5-3-2-4-6-14)15(18)17-13-9-7-12(8-10-13)16(19)20/h2-6,11-13H,7-10H2,1H3,(H,17,18)(H,19,20). The van der Waals surface area contributed by atoms with Gasteiger partial charge in [0.05, 0.1) is 5.92 Å². The molecule has 1 aromatic rings. The molecule has 1 aliphatic carbocycles. The van der Waals surface area contributed by atoms with Gasteiger partial charge in [-0.3, -0.25) is 9.59 Å². The maximum Gasteiger partial charge on any atom is 0.306 e. The first kappa shape index (κ1) is 15.4. The number of benzene rings is 1. The molecule has 1 amide bonds. The molecule has 1 fully saturated rings. The summed E-state index contributed by atoms with van der Waals surface area (Å²) in [7, 11) is 0. The van der Waals surface area contributed by atoms with Crippen LogP contribution in [0.25, 0.3) is 0 Å². The second kappa shape index (κ2) is 7.11. The van der Waals surface area contributed by atoms with Crippen molar-refractivity contribution in [2.45, 2.75) is 44.8 Å². The fourth-order valence-electron chi connectivity index (χ4n) is 2.56. The molecule has 2 rings (SSSR count). The van der Waals surface area contributed by atoms with Crippen LogP contribution in [0.5, 0.6) is 5.75 Å². The molecule has 1 aliphatic rings. The van der Waals surface area contributed by atoms with Gasteiger partial charge in [-0.1, -0.05) is 18.2 Å². The van der Waals surface area contributed by atoms with Crippen LogP contribution in [0.4, 0.5) is 0 Å². The molecule has 0 radical (unpaired) electrons. The molecule has 0 aliphatic heterocycles. The van der Waals surface area contributed by atoms with Crippen LogP contribution in [0.15, 0.2) is 30.3 Å². The molecule has 0 heterocycles. The average molecular weight is 291 g/mol. The fraction of sp³-hybridized carbons (Fsp3) is 0.500. The first-order chi connectivity index (χ1) is 10.1. The van der Waals surface area contributed by atoms with E-state index in [1.54, 1.807) is 6.92 Å². The zero-order valence-electron chi connectivity index (χ0n) is 12.1. The van der Waals surface area contributed by atoms with Gasteiger partial charge in [-0.15, -0.1) is 0 Å². The van der Waals surface area contributed by atoms with Crippen molar-refractivity contribution in [3.05, 3.63) is 30.3 Å². The number of ether oxygens (including phenoxy) is 1. The zero-order valence-corrected chi connectivity index (χ0v) is 12.1. The van der Waals surface area contributed by atoms with Crippen molar-refractivity contribution in [3.63, 3.8) is 0 Å². The molecule has 0 bridgehead atoms. The van der Waals surface area contributed by atoms with Crippen molar-refractivity contribution < 1.29 is 19.4 Å². The Hall–Kier alpha value is -2.04. The molecule has 1 aromatic carbocycles. The Morgan fingerprint density at radius 3 is 2.38 bits per heavy atom. The summed E-state index contributed by atoms with van der Waals surface area (Å²) in [5.41, 5.74) is 0. The van der Waals surface area contributed by atoms with Gasteiger partial charge in [0.15, 0.2) is 6.10 Å². The predicted octanol–water partition coefficient (Wildman–Crippen LogP) is 2.21. The summed E-state index contributed by atoms with van der Waals surface area (Å²) in [5, 5.41) is 11.9. The molecule has 1 saturated carbocycles. The molecule has 5 nitrogen and oxygen atoms in total. The van der Waals surface area contributed by atoms with Crippen LogP contribution >= 0.6 is 0 Å². The van der Waals surface area contributed by atoms with Crippen LogP contribution in [0.1, 0.15) is 32.6 Å². The quantitative estimate of drug-likeness (QED) is 0.872. The number of hydrogen-bond donors (Lipinski definition) is 2. The highest BCUT2D eigenvalue weighted by atomic mass is 16.5. The highest BCUT2D eigenvalue weighted by molar-refractivity contribution is 5.81. The van der Waals surface area contributed by atoms with Gasteiger partial charge in [0.25, 0.3) is 5.91 Å². The minimum absolute atomic E-state index is 0.0509. The van der Waals surface area contributed by atoms with Crippen molar-refractivity contribution in [2.75, 3.05) is 0 Å². The van der Waals surface area contributed by atoms with Crippen LogP contribution < -0.4 is 10.1 Å². The van der Waals surface area contributed by atoms with E-state index in [-0.39, 0.29) is 17.9 Å². The van der Waals surface area contributed by atoms with Gasteiger partial charge >= 0.3 is 5.97 Å². The molecule has 2 N–H and O–H groups in total. The number of hydrogen-bond acceptors (Lipinski definition) is 3. The molecular weight excluding hydrogens is 270 g/mol. The van der Waals surface area contributed by atoms with Crippen LogP contribution in [-0.4, -0.2) is 29.1 Å². The van der Waals surface area contributed by atoms with E-state index in [1.165, 1.54) is 0 Å². The Labute approximate surface area is 124 Å². The molecule has 114 valence electrons. The minimum atomic E-state index is -0.736. The third-order valence-electron chi connectivity index (χ3n) is 3.85. The van der Waals surface area contributed by atoms with Gasteiger partial charge in [0.1, 0.15) is 5.75 Å². The second-order valence-electron chi connectivity index (χ2n) is 5.47. The number of rotatable bonds is 5. The van der Waals surface area contributed by atoms with Crippen molar-refractivity contribution in [2.24, 2.45) is 5.92 Å². The summed E-state index contributed by atoms with van der Waals surface area (Å²) >= 11 is 0. The van der Waals surface area contributed by atoms with E-state index < -0.39 is 12.1 Å². The molecule has 0 saturated heterocycles. The maximum atomic E-state index is 12.1. The number of carboxylic acid groups (broad SMARTS) is 1. The molecule has 5 heteroatoms. The maximum absolute atomic E-state index is 12.1. The third-order valence-corrected chi connectivity index (χ3v) is 3.85. The Bertz CT molecular complexity index is 480. The fourth-order valence-corrected chi connectivity index (χ4v) is 2.56. The molecule has 1 unspecified atom stereocenters. The van der Waals surface area contributed by atoms with E-state index in [1.807, 2.05) is 30.3 Å². The number of nitrogens with one attached hydrogen (secondary N) is 1. The topological polar surface area (TPSA) is 75.6 Å². The molecule has 0 aromatic heterocycles. The summed E-state index contributed by atoms with van der Waals surface area (Å²) in [6.45, 7) is 1.71. The van der Waals surface area contributed by atoms with Gasteiger partial charge in [0.2, 0.25) is 0 Å². The van der Waals surface area contributed by atoms with E-state index in [2.05, 4.69) is 5.32 Å². The Morgan fingerprint density at radius 1 is 1.19 bits per heavy atom. The lowest BCUT2D eigenvalue weighted by molar-refractivity contribution is -0.142. The Kier molecular flexibility index (Phi) is 5.20. The summed E-state index contributed by atoms with van der Waals surface area (Å²) in [4.78, 5) is 23.0. The summed E-state index contributed by atoms with van der Waals surface area (Å²) in [5.74, 6) is -0.496. The van der Waals surface area contributed by atoms with Crippen molar-refractivity contribution >= 4 is 11.9 Å². The van der Waals surface area contributed by atoms with Crippen molar-refractivity contribution in [1.82, 2.24) is 5.32 Å². The molecular formula is C16H21NO4. The number of carbonyl (C=O) groups excluding carboxylic acids is 1. The first-order valence-corrected chi connectivity index (χ1v) is 7.31. The predicted molar refractivity (Wildman–Crippen MR) is 78.1 cm³/mol. The monoisotopic (exact) mass is 291 g/mol. The lowest BCUT2D eigenvalue weighted by atomic mass is 9.86. The van der Waals surface area contributed by atoms with Gasteiger partial charge < -0.3 is 15.2 Å². The molecule has 21 heavy (non-hydrogen) atoms. The molecule has 0 spiro atoms. The van der Waals surface area contributed by atoms with E-state index in [9.17, 15) is 9.59 Å². The van der Waals surface area contributed by atoms with Crippen LogP contribution in [0.2, 0.25) is 0 Å². The van der Waals surface area contributed by atoms with Gasteiger partial charge in [-0.25, -0.2) is 0 Å². The Balaban J connectivity index is 1.78. The summed E-state index contributed by atoms with van der Waals surface area (Å²) in [6, 6.07) is 9.26. The highest BCUT2D eigenvalue weighted by Gasteiger charge is 2.27. The van der Waals surface area contributed by atoms with Gasteiger partial charge in [-0.2, -0.15) is 0 Å². The van der Waals surface area contributed by atoms with Crippen LogP contribution in [-0.2, 0) is 9.59 Å². The number of aliphatic carboxylic acids is 1. The number of carboxylic acids is 1. The lowest BCUT2D eigenvalue weighted by Gasteiger charge is -2.27. The van der Waals surface area contributed by atoms with Crippen molar-refractivity contribution in [1.29, 1.82) is 0 Å². The van der Waals surface area contributed by atoms with Gasteiger partial charge in [0, 0.05) is 6.04 Å². The third kappa shape index (κ3) is 4.48. The summed E-state index contributed by atoms with van der Waals surface area (Å²) < 4.78 is 5.57. The Morgan fingerprint density at radius 2 is 1.81 bits per heavy atom. The highest BCUT2D eigenvalue weighted by Crippen LogP contribution is 2.24. The minimum Gasteiger partial charge on any atom is -0.481 e. The average Bonchev–Trinajstić information content (AvgIpc) is 2.48. The second-order valence-corrected chi connectivity index (χ2v) is 5.47. The molecule has 1 atom stereocenters. The van der Waals surface area contributed by atoms with E-state index in [0.29, 0.717) is 31.4 Å². The number of amides is 1. The number of carbonyl (C=O) groups is 2. The zero-order chi connectivity index (χ0) is 15.2. The summed E-state index contributed by atoms with van der Waals surface area (Å²) in [6.07, 6.45) is 2.09. The largest absolute Gasteiger partial charge is 0.481 e. The SMILES string of the molecule is CC(Oc1ccccc1)C(=O)NC1CCC(C(=O)O)CC1. The lowest BCUT2D eigenvalue weighted by Crippen LogP contribution is -2.44. The van der Waals surface area contributed by atoms with E-state index in [4.69, 9.17) is 9.84 Å². The first-order valence-electron chi connectivity index (χ1n) is 7.31. The van der Waals surface area contributed by atoms with Gasteiger partial charge in [-0.05, 0) is 44.7 Å². The smallest absolute Gasteiger partial charge is 0.306 e. The van der Waals surface area contributed by atoms with Crippen LogP contribution in [0, 0.1) is 5.92 Å². The van der Waals surface area contributed by atoms with Crippen LogP contribution in [0.3, 0.4) is 0 Å². The van der Waals surface area contributed by atoms with E-state index in [0.717, 1.165) is 0 Å². The normalized spacial score (nSPS) is 23.1.